The van der Waals surface area contributed by atoms with Gasteiger partial charge in [0.25, 0.3) is 5.91 Å². The van der Waals surface area contributed by atoms with Crippen molar-refractivity contribution in [3.8, 4) is 0 Å². The fraction of sp³-hybridized carbons (Fsp3) is 0.615. The minimum absolute atomic E-state index is 0.0251. The third-order valence-corrected chi connectivity index (χ3v) is 3.60. The SMILES string of the molecule is CCn1cc(Cl)cc1C(=O)NC1CCNC(C)C1. The molecule has 2 atom stereocenters. The summed E-state index contributed by atoms with van der Waals surface area (Å²) in [5.41, 5.74) is 0.647. The number of nitrogens with one attached hydrogen (secondary N) is 2. The summed E-state index contributed by atoms with van der Waals surface area (Å²) < 4.78 is 1.88. The van der Waals surface area contributed by atoms with Crippen LogP contribution in [0.4, 0.5) is 0 Å². The number of aromatic nitrogens is 1. The van der Waals surface area contributed by atoms with Gasteiger partial charge in [-0.15, -0.1) is 0 Å². The van der Waals surface area contributed by atoms with Gasteiger partial charge in [-0.25, -0.2) is 0 Å². The van der Waals surface area contributed by atoms with Gasteiger partial charge in [-0.05, 0) is 39.3 Å². The van der Waals surface area contributed by atoms with E-state index >= 15 is 0 Å². The third-order valence-electron chi connectivity index (χ3n) is 3.40. The van der Waals surface area contributed by atoms with E-state index in [-0.39, 0.29) is 11.9 Å². The van der Waals surface area contributed by atoms with Crippen molar-refractivity contribution in [1.29, 1.82) is 0 Å². The van der Waals surface area contributed by atoms with Crippen molar-refractivity contribution in [2.75, 3.05) is 6.54 Å². The Balaban J connectivity index is 2.02. The first kappa shape index (κ1) is 13.4. The maximum Gasteiger partial charge on any atom is 0.268 e. The monoisotopic (exact) mass is 269 g/mol. The first-order valence-corrected chi connectivity index (χ1v) is 6.88. The van der Waals surface area contributed by atoms with Gasteiger partial charge in [0, 0.05) is 24.8 Å². The second kappa shape index (κ2) is 5.76. The maximum absolute atomic E-state index is 12.2. The van der Waals surface area contributed by atoms with Crippen molar-refractivity contribution >= 4 is 17.5 Å². The molecule has 1 saturated heterocycles. The fourth-order valence-corrected chi connectivity index (χ4v) is 2.67. The van der Waals surface area contributed by atoms with E-state index < -0.39 is 0 Å². The lowest BCUT2D eigenvalue weighted by Crippen LogP contribution is -2.46. The fourth-order valence-electron chi connectivity index (χ4n) is 2.45. The standard InChI is InChI=1S/C13H20ClN3O/c1-3-17-8-10(14)7-12(17)13(18)16-11-4-5-15-9(2)6-11/h7-9,11,15H,3-6H2,1-2H3,(H,16,18). The summed E-state index contributed by atoms with van der Waals surface area (Å²) in [6.45, 7) is 5.85. The van der Waals surface area contributed by atoms with Crippen molar-refractivity contribution < 1.29 is 4.79 Å². The van der Waals surface area contributed by atoms with E-state index in [0.29, 0.717) is 16.8 Å². The van der Waals surface area contributed by atoms with Crippen molar-refractivity contribution in [3.05, 3.63) is 23.0 Å². The zero-order chi connectivity index (χ0) is 13.1. The molecule has 100 valence electrons. The number of aryl methyl sites for hydroxylation is 1. The van der Waals surface area contributed by atoms with Crippen LogP contribution < -0.4 is 10.6 Å². The van der Waals surface area contributed by atoms with Gasteiger partial charge in [-0.2, -0.15) is 0 Å². The van der Waals surface area contributed by atoms with Gasteiger partial charge < -0.3 is 15.2 Å². The Hall–Kier alpha value is -1.00. The van der Waals surface area contributed by atoms with E-state index in [0.717, 1.165) is 25.9 Å². The molecule has 2 N–H and O–H groups in total. The molecule has 0 radical (unpaired) electrons. The molecule has 2 unspecified atom stereocenters. The van der Waals surface area contributed by atoms with Crippen molar-refractivity contribution in [2.45, 2.75) is 45.3 Å². The molecule has 0 spiro atoms. The molecule has 0 bridgehead atoms. The molecule has 1 aliphatic rings. The Morgan fingerprint density at radius 3 is 3.11 bits per heavy atom. The summed E-state index contributed by atoms with van der Waals surface area (Å²) in [5, 5.41) is 7.08. The molecule has 1 aliphatic heterocycles. The van der Waals surface area contributed by atoms with Gasteiger partial charge in [0.2, 0.25) is 0 Å². The molecule has 5 heteroatoms. The van der Waals surface area contributed by atoms with Gasteiger partial charge in [0.05, 0.1) is 5.02 Å². The van der Waals surface area contributed by atoms with Crippen molar-refractivity contribution in [1.82, 2.24) is 15.2 Å². The van der Waals surface area contributed by atoms with E-state index in [4.69, 9.17) is 11.6 Å². The average molecular weight is 270 g/mol. The van der Waals surface area contributed by atoms with Crippen LogP contribution in [0.1, 0.15) is 37.2 Å². The van der Waals surface area contributed by atoms with Crippen LogP contribution in [0.25, 0.3) is 0 Å². The van der Waals surface area contributed by atoms with Crippen LogP contribution in [0.15, 0.2) is 12.3 Å². The topological polar surface area (TPSA) is 46.1 Å². The Bertz CT molecular complexity index is 430. The van der Waals surface area contributed by atoms with E-state index in [2.05, 4.69) is 17.6 Å². The molecule has 2 heterocycles. The van der Waals surface area contributed by atoms with Crippen LogP contribution in [0.2, 0.25) is 5.02 Å². The molecule has 1 aromatic rings. The highest BCUT2D eigenvalue weighted by Crippen LogP contribution is 2.15. The summed E-state index contributed by atoms with van der Waals surface area (Å²) >= 11 is 5.94. The number of nitrogens with zero attached hydrogens (tertiary/aromatic N) is 1. The van der Waals surface area contributed by atoms with Gasteiger partial charge in [0.15, 0.2) is 0 Å². The average Bonchev–Trinajstić information content (AvgIpc) is 2.70. The summed E-state index contributed by atoms with van der Waals surface area (Å²) in [6, 6.07) is 2.45. The minimum atomic E-state index is -0.0251. The van der Waals surface area contributed by atoms with E-state index in [1.807, 2.05) is 11.5 Å². The van der Waals surface area contributed by atoms with Gasteiger partial charge >= 0.3 is 0 Å². The number of hydrogen-bond acceptors (Lipinski definition) is 2. The number of hydrogen-bond donors (Lipinski definition) is 2. The summed E-state index contributed by atoms with van der Waals surface area (Å²) in [6.07, 6.45) is 3.75. The van der Waals surface area contributed by atoms with Gasteiger partial charge in [-0.3, -0.25) is 4.79 Å². The smallest absolute Gasteiger partial charge is 0.268 e. The number of carbonyl (C=O) groups excluding carboxylic acids is 1. The van der Waals surface area contributed by atoms with Crippen LogP contribution in [-0.2, 0) is 6.54 Å². The highest BCUT2D eigenvalue weighted by Gasteiger charge is 2.21. The highest BCUT2D eigenvalue weighted by molar-refractivity contribution is 6.31. The largest absolute Gasteiger partial charge is 0.348 e. The predicted octanol–water partition coefficient (Wildman–Crippen LogP) is 2.03. The van der Waals surface area contributed by atoms with Crippen molar-refractivity contribution in [2.24, 2.45) is 0 Å². The van der Waals surface area contributed by atoms with Crippen LogP contribution >= 0.6 is 11.6 Å². The quantitative estimate of drug-likeness (QED) is 0.882. The molecule has 0 aromatic carbocycles. The normalized spacial score (nSPS) is 23.9. The number of rotatable bonds is 3. The van der Waals surface area contributed by atoms with Crippen LogP contribution in [0.5, 0.6) is 0 Å². The van der Waals surface area contributed by atoms with E-state index in [9.17, 15) is 4.79 Å². The van der Waals surface area contributed by atoms with E-state index in [1.165, 1.54) is 0 Å². The lowest BCUT2D eigenvalue weighted by Gasteiger charge is -2.28. The second-order valence-electron chi connectivity index (χ2n) is 4.88. The maximum atomic E-state index is 12.2. The Morgan fingerprint density at radius 1 is 1.67 bits per heavy atom. The first-order valence-electron chi connectivity index (χ1n) is 6.50. The molecule has 1 fully saturated rings. The Labute approximate surface area is 113 Å². The number of halogens is 1. The lowest BCUT2D eigenvalue weighted by molar-refractivity contribution is 0.0916. The first-order chi connectivity index (χ1) is 8.60. The number of amides is 1. The molecule has 18 heavy (non-hydrogen) atoms. The molecule has 4 nitrogen and oxygen atoms in total. The summed E-state index contributed by atoms with van der Waals surface area (Å²) in [4.78, 5) is 12.2. The molecule has 0 aliphatic carbocycles. The Morgan fingerprint density at radius 2 is 2.44 bits per heavy atom. The van der Waals surface area contributed by atoms with Crippen LogP contribution in [0.3, 0.4) is 0 Å². The lowest BCUT2D eigenvalue weighted by atomic mass is 10.0. The third kappa shape index (κ3) is 3.06. The summed E-state index contributed by atoms with van der Waals surface area (Å²) in [5.74, 6) is -0.0251. The zero-order valence-corrected chi connectivity index (χ0v) is 11.6. The number of piperidine rings is 1. The highest BCUT2D eigenvalue weighted by atomic mass is 35.5. The molecule has 1 aromatic heterocycles. The predicted molar refractivity (Wildman–Crippen MR) is 73.1 cm³/mol. The van der Waals surface area contributed by atoms with Crippen LogP contribution in [-0.4, -0.2) is 29.1 Å². The molecule has 0 saturated carbocycles. The molecular weight excluding hydrogens is 250 g/mol. The zero-order valence-electron chi connectivity index (χ0n) is 10.9. The molecular formula is C13H20ClN3O. The second-order valence-corrected chi connectivity index (χ2v) is 5.32. The van der Waals surface area contributed by atoms with Gasteiger partial charge in [0.1, 0.15) is 5.69 Å². The molecule has 2 rings (SSSR count). The van der Waals surface area contributed by atoms with E-state index in [1.54, 1.807) is 12.3 Å². The minimum Gasteiger partial charge on any atom is -0.348 e. The number of carbonyl (C=O) groups is 1. The van der Waals surface area contributed by atoms with Crippen LogP contribution in [0, 0.1) is 0 Å². The van der Waals surface area contributed by atoms with Crippen molar-refractivity contribution in [3.63, 3.8) is 0 Å². The summed E-state index contributed by atoms with van der Waals surface area (Å²) in [7, 11) is 0. The Kier molecular flexibility index (Phi) is 4.30. The van der Waals surface area contributed by atoms with Gasteiger partial charge in [-0.1, -0.05) is 11.6 Å². The molecule has 1 amide bonds.